The molecule has 0 fully saturated rings. The minimum Gasteiger partial charge on any atom is -0.334 e. The van der Waals surface area contributed by atoms with Crippen LogP contribution in [0.2, 0.25) is 0 Å². The van der Waals surface area contributed by atoms with Gasteiger partial charge in [-0.15, -0.1) is 10.2 Å². The summed E-state index contributed by atoms with van der Waals surface area (Å²) in [5.41, 5.74) is 3.02. The normalized spacial score (nSPS) is 12.3. The molecule has 6 heteroatoms. The molecule has 0 bridgehead atoms. The van der Waals surface area contributed by atoms with Crippen LogP contribution in [0.1, 0.15) is 36.8 Å². The number of benzene rings is 1. The van der Waals surface area contributed by atoms with Gasteiger partial charge in [-0.2, -0.15) is 0 Å². The van der Waals surface area contributed by atoms with Crippen LogP contribution in [0.4, 0.5) is 4.79 Å². The van der Waals surface area contributed by atoms with Gasteiger partial charge in [0.1, 0.15) is 0 Å². The monoisotopic (exact) mass is 337 g/mol. The van der Waals surface area contributed by atoms with Gasteiger partial charge in [0.2, 0.25) is 0 Å². The Kier molecular flexibility index (Phi) is 4.97. The number of rotatable bonds is 5. The Morgan fingerprint density at radius 2 is 2.00 bits per heavy atom. The molecule has 2 heterocycles. The first-order valence-corrected chi connectivity index (χ1v) is 8.44. The lowest BCUT2D eigenvalue weighted by Crippen LogP contribution is -2.40. The number of pyridine rings is 1. The summed E-state index contributed by atoms with van der Waals surface area (Å²) in [5, 5.41) is 14.4. The highest BCUT2D eigenvalue weighted by Gasteiger charge is 2.23. The van der Waals surface area contributed by atoms with E-state index in [4.69, 9.17) is 0 Å². The van der Waals surface area contributed by atoms with E-state index in [1.807, 2.05) is 53.9 Å². The zero-order chi connectivity index (χ0) is 17.8. The molecule has 0 radical (unpaired) electrons. The summed E-state index contributed by atoms with van der Waals surface area (Å²) in [7, 11) is 0. The fraction of sp³-hybridized carbons (Fsp3) is 0.316. The number of aryl methyl sites for hydroxylation is 1. The van der Waals surface area contributed by atoms with Gasteiger partial charge >= 0.3 is 6.03 Å². The molecule has 3 rings (SSSR count). The Balaban J connectivity index is 1.70. The number of amides is 2. The number of fused-ring (bicyclic) bond motifs is 1. The first-order valence-electron chi connectivity index (χ1n) is 8.44. The minimum absolute atomic E-state index is 0.178. The lowest BCUT2D eigenvalue weighted by Gasteiger charge is -2.21. The number of nitrogens with zero attached hydrogens (tertiary/aromatic N) is 3. The van der Waals surface area contributed by atoms with E-state index < -0.39 is 0 Å². The smallest absolute Gasteiger partial charge is 0.315 e. The first-order chi connectivity index (χ1) is 12.0. The van der Waals surface area contributed by atoms with Gasteiger partial charge in [0.15, 0.2) is 11.5 Å². The van der Waals surface area contributed by atoms with Crippen LogP contribution in [-0.2, 0) is 6.54 Å². The van der Waals surface area contributed by atoms with Crippen molar-refractivity contribution in [3.05, 3.63) is 65.6 Å². The predicted molar refractivity (Wildman–Crippen MR) is 97.1 cm³/mol. The molecule has 0 saturated carbocycles. The number of nitrogens with one attached hydrogen (secondary N) is 2. The third-order valence-corrected chi connectivity index (χ3v) is 4.11. The van der Waals surface area contributed by atoms with Crippen molar-refractivity contribution >= 4 is 11.7 Å². The first kappa shape index (κ1) is 17.0. The number of urea groups is 1. The van der Waals surface area contributed by atoms with Gasteiger partial charge in [0.25, 0.3) is 0 Å². The van der Waals surface area contributed by atoms with Crippen molar-refractivity contribution in [2.24, 2.45) is 5.92 Å². The van der Waals surface area contributed by atoms with Crippen molar-refractivity contribution in [1.29, 1.82) is 0 Å². The van der Waals surface area contributed by atoms with Gasteiger partial charge < -0.3 is 10.6 Å². The highest BCUT2D eigenvalue weighted by Crippen LogP contribution is 2.20. The molecule has 1 aromatic carbocycles. The molecule has 2 N–H and O–H groups in total. The second kappa shape index (κ2) is 7.34. The fourth-order valence-electron chi connectivity index (χ4n) is 2.80. The molecule has 2 aromatic heterocycles. The molecule has 0 spiro atoms. The van der Waals surface area contributed by atoms with E-state index >= 15 is 0 Å². The van der Waals surface area contributed by atoms with Crippen LogP contribution in [0, 0.1) is 12.8 Å². The van der Waals surface area contributed by atoms with Crippen molar-refractivity contribution in [3.63, 3.8) is 0 Å². The van der Waals surface area contributed by atoms with Crippen LogP contribution >= 0.6 is 0 Å². The molecule has 25 heavy (non-hydrogen) atoms. The molecule has 3 aromatic rings. The average Bonchev–Trinajstić information content (AvgIpc) is 3.01. The molecule has 0 aliphatic heterocycles. The molecular formula is C19H23N5O. The third kappa shape index (κ3) is 3.96. The van der Waals surface area contributed by atoms with E-state index in [-0.39, 0.29) is 18.0 Å². The minimum atomic E-state index is -0.227. The molecular weight excluding hydrogens is 314 g/mol. The summed E-state index contributed by atoms with van der Waals surface area (Å²) in [6, 6.07) is 13.4. The maximum atomic E-state index is 12.4. The zero-order valence-corrected chi connectivity index (χ0v) is 14.7. The Morgan fingerprint density at radius 3 is 2.76 bits per heavy atom. The van der Waals surface area contributed by atoms with Crippen molar-refractivity contribution < 1.29 is 4.79 Å². The highest BCUT2D eigenvalue weighted by atomic mass is 16.2. The van der Waals surface area contributed by atoms with E-state index in [0.717, 1.165) is 17.0 Å². The molecule has 0 unspecified atom stereocenters. The molecule has 6 nitrogen and oxygen atoms in total. The number of carbonyl (C=O) groups excluding carboxylic acids is 1. The van der Waals surface area contributed by atoms with Crippen LogP contribution in [0.15, 0.2) is 48.7 Å². The van der Waals surface area contributed by atoms with Crippen LogP contribution in [0.25, 0.3) is 5.65 Å². The summed E-state index contributed by atoms with van der Waals surface area (Å²) in [5.74, 6) is 0.911. The van der Waals surface area contributed by atoms with Crippen LogP contribution in [0.3, 0.4) is 0 Å². The number of aromatic nitrogens is 3. The lowest BCUT2D eigenvalue weighted by atomic mass is 10.0. The molecule has 130 valence electrons. The average molecular weight is 337 g/mol. The van der Waals surface area contributed by atoms with E-state index in [1.54, 1.807) is 0 Å². The van der Waals surface area contributed by atoms with Gasteiger partial charge in [0, 0.05) is 12.7 Å². The van der Waals surface area contributed by atoms with E-state index in [0.29, 0.717) is 6.54 Å². The quantitative estimate of drug-likeness (QED) is 0.751. The molecule has 0 aliphatic carbocycles. The van der Waals surface area contributed by atoms with Crippen LogP contribution in [0.5, 0.6) is 0 Å². The zero-order valence-electron chi connectivity index (χ0n) is 14.7. The fourth-order valence-corrected chi connectivity index (χ4v) is 2.80. The van der Waals surface area contributed by atoms with Crippen molar-refractivity contribution in [2.45, 2.75) is 33.4 Å². The molecule has 2 amide bonds. The van der Waals surface area contributed by atoms with E-state index in [9.17, 15) is 4.79 Å². The molecule has 0 aliphatic rings. The van der Waals surface area contributed by atoms with Crippen molar-refractivity contribution in [2.75, 3.05) is 0 Å². The van der Waals surface area contributed by atoms with Crippen LogP contribution in [-0.4, -0.2) is 20.6 Å². The van der Waals surface area contributed by atoms with Gasteiger partial charge in [0.05, 0.1) is 6.04 Å². The van der Waals surface area contributed by atoms with Crippen LogP contribution < -0.4 is 10.6 Å². The summed E-state index contributed by atoms with van der Waals surface area (Å²) in [6.45, 7) is 6.62. The summed E-state index contributed by atoms with van der Waals surface area (Å²) >= 11 is 0. The third-order valence-electron chi connectivity index (χ3n) is 4.11. The number of hydrogen-bond acceptors (Lipinski definition) is 3. The Bertz CT molecular complexity index is 871. The predicted octanol–water partition coefficient (Wildman–Crippen LogP) is 3.23. The van der Waals surface area contributed by atoms with Crippen molar-refractivity contribution in [3.8, 4) is 0 Å². The second-order valence-corrected chi connectivity index (χ2v) is 6.52. The van der Waals surface area contributed by atoms with Gasteiger partial charge in [-0.3, -0.25) is 4.40 Å². The molecule has 1 atom stereocenters. The Morgan fingerprint density at radius 1 is 1.16 bits per heavy atom. The van der Waals surface area contributed by atoms with E-state index in [2.05, 4.69) is 40.7 Å². The maximum absolute atomic E-state index is 12.4. The largest absolute Gasteiger partial charge is 0.334 e. The van der Waals surface area contributed by atoms with E-state index in [1.165, 1.54) is 5.56 Å². The topological polar surface area (TPSA) is 71.3 Å². The number of hydrogen-bond donors (Lipinski definition) is 2. The highest BCUT2D eigenvalue weighted by molar-refractivity contribution is 5.74. The van der Waals surface area contributed by atoms with Crippen molar-refractivity contribution in [1.82, 2.24) is 25.2 Å². The van der Waals surface area contributed by atoms with Gasteiger partial charge in [-0.1, -0.05) is 49.7 Å². The summed E-state index contributed by atoms with van der Waals surface area (Å²) in [6.07, 6.45) is 1.91. The Labute approximate surface area is 147 Å². The maximum Gasteiger partial charge on any atom is 0.315 e. The van der Waals surface area contributed by atoms with Gasteiger partial charge in [-0.25, -0.2) is 4.79 Å². The lowest BCUT2D eigenvalue weighted by molar-refractivity contribution is 0.231. The SMILES string of the molecule is Cc1cccc(CNC(=O)N[C@H](c2nnc3ccccn23)C(C)C)c1. The standard InChI is InChI=1S/C19H23N5O/c1-13(2)17(18-23-22-16-9-4-5-10-24(16)18)21-19(25)20-12-15-8-6-7-14(3)11-15/h4-11,13,17H,12H2,1-3H3,(H2,20,21,25)/t17-/m0/s1. The van der Waals surface area contributed by atoms with Gasteiger partial charge in [-0.05, 0) is 30.5 Å². The second-order valence-electron chi connectivity index (χ2n) is 6.52. The summed E-state index contributed by atoms with van der Waals surface area (Å²) in [4.78, 5) is 12.4. The Hall–Kier alpha value is -2.89. The summed E-state index contributed by atoms with van der Waals surface area (Å²) < 4.78 is 1.91. The molecule has 0 saturated heterocycles. The number of carbonyl (C=O) groups is 1.